The van der Waals surface area contributed by atoms with E-state index in [-0.39, 0.29) is 69.8 Å². The topological polar surface area (TPSA) is 88.9 Å². The van der Waals surface area contributed by atoms with Gasteiger partial charge in [-0.05, 0) is 43.8 Å². The van der Waals surface area contributed by atoms with Crippen molar-refractivity contribution in [3.05, 3.63) is 60.3 Å². The number of halogens is 4. The van der Waals surface area contributed by atoms with Crippen LogP contribution in [0.5, 0.6) is 5.75 Å². The number of phenolic OH excluding ortho intramolecular Hbond substituents is 1. The summed E-state index contributed by atoms with van der Waals surface area (Å²) in [4.78, 5) is 32.4. The van der Waals surface area contributed by atoms with Crippen LogP contribution in [0.15, 0.2) is 43.1 Å². The first kappa shape index (κ1) is 31.0. The van der Waals surface area contributed by atoms with Gasteiger partial charge in [-0.25, -0.2) is 22.5 Å². The average molecular weight is 634 g/mol. The van der Waals surface area contributed by atoms with E-state index in [1.54, 1.807) is 0 Å². The van der Waals surface area contributed by atoms with Crippen molar-refractivity contribution in [2.45, 2.75) is 24.4 Å². The molecule has 2 aliphatic rings. The van der Waals surface area contributed by atoms with Crippen LogP contribution in [0.2, 0.25) is 0 Å². The van der Waals surface area contributed by atoms with Gasteiger partial charge in [-0.15, -0.1) is 6.42 Å². The van der Waals surface area contributed by atoms with Gasteiger partial charge in [-0.3, -0.25) is 9.78 Å². The molecule has 1 N–H and O–H groups in total. The maximum Gasteiger partial charge on any atom is 0.271 e. The van der Waals surface area contributed by atoms with E-state index >= 15 is 13.2 Å². The summed E-state index contributed by atoms with van der Waals surface area (Å²) in [6.45, 7) is 4.08. The van der Waals surface area contributed by atoms with Crippen molar-refractivity contribution < 1.29 is 27.5 Å². The molecule has 0 unspecified atom stereocenters. The Balaban J connectivity index is 1.52. The number of rotatable bonds is 7. The van der Waals surface area contributed by atoms with Crippen molar-refractivity contribution in [1.82, 2.24) is 24.8 Å². The molecule has 2 aromatic carbocycles. The third-order valence-corrected chi connectivity index (χ3v) is 8.79. The molecular weight excluding hydrogens is 602 g/mol. The van der Waals surface area contributed by atoms with Crippen LogP contribution >= 0.6 is 0 Å². The Hall–Kier alpha value is -4.96. The lowest BCUT2D eigenvalue weighted by atomic mass is 9.96. The summed E-state index contributed by atoms with van der Waals surface area (Å²) in [5.41, 5.74) is -0.465. The number of amides is 1. The van der Waals surface area contributed by atoms with Gasteiger partial charge in [0.2, 0.25) is 11.9 Å². The number of hydrogen-bond donors (Lipinski definition) is 1. The van der Waals surface area contributed by atoms with E-state index < -0.39 is 35.9 Å². The van der Waals surface area contributed by atoms with Crippen molar-refractivity contribution in [3.8, 4) is 29.4 Å². The lowest BCUT2D eigenvalue weighted by Crippen LogP contribution is -2.58. The molecule has 13 heteroatoms. The van der Waals surface area contributed by atoms with Crippen molar-refractivity contribution in [2.24, 2.45) is 0 Å². The molecule has 2 aliphatic heterocycles. The molecule has 46 heavy (non-hydrogen) atoms. The minimum absolute atomic E-state index is 0.0534. The third kappa shape index (κ3) is 5.12. The SMILES string of the molecule is C#Cc1c(F)ccc2cc(O)cc(-c3ncc4c(N(C)C[C@H]5N(C(=O)C=C)CCC5(F)F)nc(N5CC(N(C)C)C5)nc4c3F)c12. The number of carbonyl (C=O) groups excluding carboxylic acids is 1. The second-order valence-electron chi connectivity index (χ2n) is 11.9. The van der Waals surface area contributed by atoms with Gasteiger partial charge >= 0.3 is 0 Å². The van der Waals surface area contributed by atoms with E-state index in [1.807, 2.05) is 23.9 Å². The smallest absolute Gasteiger partial charge is 0.271 e. The van der Waals surface area contributed by atoms with E-state index in [1.165, 1.54) is 36.3 Å². The van der Waals surface area contributed by atoms with Crippen molar-refractivity contribution in [3.63, 3.8) is 0 Å². The maximum absolute atomic E-state index is 16.7. The largest absolute Gasteiger partial charge is 0.508 e. The molecule has 6 rings (SSSR count). The van der Waals surface area contributed by atoms with Crippen molar-refractivity contribution >= 4 is 39.3 Å². The number of phenols is 1. The Bertz CT molecular complexity index is 1940. The summed E-state index contributed by atoms with van der Waals surface area (Å²) in [5.74, 6) is -2.97. The number of pyridine rings is 1. The summed E-state index contributed by atoms with van der Waals surface area (Å²) in [6, 6.07) is 3.94. The number of benzene rings is 2. The van der Waals surface area contributed by atoms with Crippen LogP contribution in [-0.2, 0) is 4.79 Å². The van der Waals surface area contributed by atoms with Gasteiger partial charge < -0.3 is 24.7 Å². The standard InChI is InChI=1S/C33H31F4N7O2/c1-6-21-24(34)9-8-18-12-20(45)13-22(27(18)21)29-28(35)30-23(14-38-29)31(40-32(39-30)43-15-19(16-43)41(3)4)42(5)17-25-33(36,37)10-11-44(25)26(46)7-2/h1,7-9,12-14,19,25,45H,2,10-11,15-17H2,3-5H3/t25-/m1/s1. The fourth-order valence-electron chi connectivity index (χ4n) is 6.13. The van der Waals surface area contributed by atoms with Gasteiger partial charge in [0.15, 0.2) is 5.82 Å². The number of aromatic nitrogens is 3. The summed E-state index contributed by atoms with van der Waals surface area (Å²) in [6.07, 6.45) is 7.44. The highest BCUT2D eigenvalue weighted by molar-refractivity contribution is 6.03. The van der Waals surface area contributed by atoms with Gasteiger partial charge in [-0.2, -0.15) is 4.98 Å². The first-order chi connectivity index (χ1) is 21.8. The lowest BCUT2D eigenvalue weighted by molar-refractivity contribution is -0.130. The van der Waals surface area contributed by atoms with E-state index in [4.69, 9.17) is 6.42 Å². The number of carbonyl (C=O) groups is 1. The molecular formula is C33H31F4N7O2. The summed E-state index contributed by atoms with van der Waals surface area (Å²) < 4.78 is 61.6. The quantitative estimate of drug-likeness (QED) is 0.182. The Kier molecular flexibility index (Phi) is 7.72. The number of fused-ring (bicyclic) bond motifs is 2. The second kappa shape index (κ2) is 11.4. The average Bonchev–Trinajstić information content (AvgIpc) is 3.28. The van der Waals surface area contributed by atoms with E-state index in [9.17, 15) is 14.3 Å². The van der Waals surface area contributed by atoms with E-state index in [0.717, 1.165) is 17.0 Å². The molecule has 9 nitrogen and oxygen atoms in total. The summed E-state index contributed by atoms with van der Waals surface area (Å²) in [7, 11) is 5.40. The molecule has 2 saturated heterocycles. The van der Waals surface area contributed by atoms with Crippen molar-refractivity contribution in [2.75, 3.05) is 57.1 Å². The first-order valence-electron chi connectivity index (χ1n) is 14.6. The summed E-state index contributed by atoms with van der Waals surface area (Å²) in [5, 5.41) is 11.2. The second-order valence-corrected chi connectivity index (χ2v) is 11.9. The third-order valence-electron chi connectivity index (χ3n) is 8.79. The number of anilines is 2. The van der Waals surface area contributed by atoms with Crippen LogP contribution in [0.4, 0.5) is 29.3 Å². The fraction of sp³-hybridized carbons (Fsp3) is 0.333. The molecule has 1 atom stereocenters. The maximum atomic E-state index is 16.7. The molecule has 0 spiro atoms. The normalized spacial score (nSPS) is 17.8. The number of likely N-dealkylation sites (tertiary alicyclic amines) is 1. The molecule has 4 aromatic rings. The zero-order valence-electron chi connectivity index (χ0n) is 25.4. The fourth-order valence-corrected chi connectivity index (χ4v) is 6.13. The van der Waals surface area contributed by atoms with Gasteiger partial charge in [0, 0.05) is 62.8 Å². The lowest BCUT2D eigenvalue weighted by Gasteiger charge is -2.43. The number of likely N-dealkylation sites (N-methyl/N-ethyl adjacent to an activating group) is 2. The minimum Gasteiger partial charge on any atom is -0.508 e. The van der Waals surface area contributed by atoms with Gasteiger partial charge in [0.25, 0.3) is 5.92 Å². The molecule has 4 heterocycles. The first-order valence-corrected chi connectivity index (χ1v) is 14.6. The van der Waals surface area contributed by atoms with Crippen LogP contribution in [-0.4, -0.2) is 101 Å². The number of hydrogen-bond acceptors (Lipinski definition) is 8. The molecule has 0 radical (unpaired) electrons. The Morgan fingerprint density at radius 1 is 1.22 bits per heavy atom. The van der Waals surface area contributed by atoms with Crippen LogP contribution in [0, 0.1) is 24.0 Å². The van der Waals surface area contributed by atoms with E-state index in [2.05, 4.69) is 27.5 Å². The molecule has 0 bridgehead atoms. The van der Waals surface area contributed by atoms with Crippen LogP contribution < -0.4 is 9.80 Å². The molecule has 0 aliphatic carbocycles. The van der Waals surface area contributed by atoms with Gasteiger partial charge in [0.05, 0.1) is 10.9 Å². The van der Waals surface area contributed by atoms with Crippen molar-refractivity contribution in [1.29, 1.82) is 0 Å². The zero-order valence-corrected chi connectivity index (χ0v) is 25.4. The van der Waals surface area contributed by atoms with Crippen LogP contribution in [0.25, 0.3) is 32.9 Å². The predicted octanol–water partition coefficient (Wildman–Crippen LogP) is 4.42. The number of nitrogens with zero attached hydrogens (tertiary/aromatic N) is 7. The molecule has 0 saturated carbocycles. The predicted molar refractivity (Wildman–Crippen MR) is 168 cm³/mol. The highest BCUT2D eigenvalue weighted by Gasteiger charge is 2.50. The van der Waals surface area contributed by atoms with Crippen LogP contribution in [0.1, 0.15) is 12.0 Å². The monoisotopic (exact) mass is 633 g/mol. The highest BCUT2D eigenvalue weighted by atomic mass is 19.3. The molecule has 2 fully saturated rings. The number of aromatic hydroxyl groups is 1. The van der Waals surface area contributed by atoms with Crippen LogP contribution in [0.3, 0.4) is 0 Å². The van der Waals surface area contributed by atoms with E-state index in [0.29, 0.717) is 18.5 Å². The molecule has 1 amide bonds. The zero-order chi connectivity index (χ0) is 33.1. The number of alkyl halides is 2. The number of terminal acetylenes is 1. The molecule has 2 aromatic heterocycles. The Morgan fingerprint density at radius 3 is 2.63 bits per heavy atom. The van der Waals surface area contributed by atoms with Gasteiger partial charge in [0.1, 0.15) is 34.6 Å². The minimum atomic E-state index is -3.17. The molecule has 238 valence electrons. The Morgan fingerprint density at radius 2 is 1.96 bits per heavy atom. The summed E-state index contributed by atoms with van der Waals surface area (Å²) >= 11 is 0. The van der Waals surface area contributed by atoms with Gasteiger partial charge in [-0.1, -0.05) is 18.6 Å². The highest BCUT2D eigenvalue weighted by Crippen LogP contribution is 2.40. The Labute approximate surface area is 262 Å².